The SMILES string of the molecule is Cc1cccc(CC(=O)O)c1C(=O)O. The van der Waals surface area contributed by atoms with Gasteiger partial charge in [0.25, 0.3) is 0 Å². The van der Waals surface area contributed by atoms with E-state index < -0.39 is 11.9 Å². The van der Waals surface area contributed by atoms with Crippen LogP contribution in [0.1, 0.15) is 21.5 Å². The highest BCUT2D eigenvalue weighted by molar-refractivity contribution is 5.92. The summed E-state index contributed by atoms with van der Waals surface area (Å²) < 4.78 is 0. The van der Waals surface area contributed by atoms with Crippen LogP contribution in [0.4, 0.5) is 0 Å². The van der Waals surface area contributed by atoms with Crippen LogP contribution in [0.15, 0.2) is 18.2 Å². The number of carbonyl (C=O) groups is 2. The molecule has 74 valence electrons. The molecule has 0 radical (unpaired) electrons. The van der Waals surface area contributed by atoms with E-state index in [1.807, 2.05) is 0 Å². The van der Waals surface area contributed by atoms with E-state index in [9.17, 15) is 9.59 Å². The van der Waals surface area contributed by atoms with Crippen LogP contribution in [-0.2, 0) is 11.2 Å². The van der Waals surface area contributed by atoms with Crippen LogP contribution >= 0.6 is 0 Å². The van der Waals surface area contributed by atoms with Crippen LogP contribution in [0.25, 0.3) is 0 Å². The number of hydrogen-bond donors (Lipinski definition) is 2. The van der Waals surface area contributed by atoms with Gasteiger partial charge in [-0.3, -0.25) is 4.79 Å². The number of aryl methyl sites for hydroxylation is 1. The van der Waals surface area contributed by atoms with E-state index in [0.29, 0.717) is 11.1 Å². The van der Waals surface area contributed by atoms with Crippen molar-refractivity contribution in [1.29, 1.82) is 0 Å². The monoisotopic (exact) mass is 194 g/mol. The van der Waals surface area contributed by atoms with Crippen molar-refractivity contribution < 1.29 is 19.8 Å². The summed E-state index contributed by atoms with van der Waals surface area (Å²) in [6.45, 7) is 1.65. The Balaban J connectivity index is 3.21. The van der Waals surface area contributed by atoms with Crippen molar-refractivity contribution in [3.63, 3.8) is 0 Å². The fraction of sp³-hybridized carbons (Fsp3) is 0.200. The van der Waals surface area contributed by atoms with Gasteiger partial charge in [-0.1, -0.05) is 18.2 Å². The molecule has 1 rings (SSSR count). The molecule has 0 saturated carbocycles. The summed E-state index contributed by atoms with van der Waals surface area (Å²) in [5, 5.41) is 17.4. The quantitative estimate of drug-likeness (QED) is 0.760. The van der Waals surface area contributed by atoms with E-state index in [4.69, 9.17) is 10.2 Å². The van der Waals surface area contributed by atoms with E-state index in [0.717, 1.165) is 0 Å². The number of aliphatic carboxylic acids is 1. The zero-order valence-electron chi connectivity index (χ0n) is 7.65. The highest BCUT2D eigenvalue weighted by Crippen LogP contribution is 2.14. The third-order valence-corrected chi connectivity index (χ3v) is 1.91. The van der Waals surface area contributed by atoms with Gasteiger partial charge in [-0.15, -0.1) is 0 Å². The van der Waals surface area contributed by atoms with Gasteiger partial charge in [-0.25, -0.2) is 4.79 Å². The first-order chi connectivity index (χ1) is 6.52. The van der Waals surface area contributed by atoms with Crippen molar-refractivity contribution in [2.45, 2.75) is 13.3 Å². The molecule has 0 aromatic heterocycles. The largest absolute Gasteiger partial charge is 0.481 e. The average molecular weight is 194 g/mol. The van der Waals surface area contributed by atoms with Gasteiger partial charge < -0.3 is 10.2 Å². The molecule has 0 heterocycles. The Morgan fingerprint density at radius 2 is 1.93 bits per heavy atom. The molecule has 0 aliphatic heterocycles. The second-order valence-electron chi connectivity index (χ2n) is 2.98. The van der Waals surface area contributed by atoms with Gasteiger partial charge in [0, 0.05) is 0 Å². The Labute approximate surface area is 80.8 Å². The van der Waals surface area contributed by atoms with Gasteiger partial charge in [0.2, 0.25) is 0 Å². The van der Waals surface area contributed by atoms with E-state index >= 15 is 0 Å². The second-order valence-corrected chi connectivity index (χ2v) is 2.98. The van der Waals surface area contributed by atoms with Gasteiger partial charge in [0.1, 0.15) is 0 Å². The summed E-state index contributed by atoms with van der Waals surface area (Å²) in [7, 11) is 0. The van der Waals surface area contributed by atoms with Crippen molar-refractivity contribution in [2.75, 3.05) is 0 Å². The molecule has 0 atom stereocenters. The minimum atomic E-state index is -1.08. The minimum Gasteiger partial charge on any atom is -0.481 e. The molecule has 2 N–H and O–H groups in total. The first-order valence-electron chi connectivity index (χ1n) is 4.06. The summed E-state index contributed by atoms with van der Waals surface area (Å²) >= 11 is 0. The summed E-state index contributed by atoms with van der Waals surface area (Å²) in [6, 6.07) is 4.82. The summed E-state index contributed by atoms with van der Waals surface area (Å²) in [4.78, 5) is 21.3. The molecule has 4 nitrogen and oxygen atoms in total. The van der Waals surface area contributed by atoms with Crippen LogP contribution in [-0.4, -0.2) is 22.2 Å². The number of hydrogen-bond acceptors (Lipinski definition) is 2. The Morgan fingerprint density at radius 1 is 1.29 bits per heavy atom. The maximum Gasteiger partial charge on any atom is 0.336 e. The van der Waals surface area contributed by atoms with Crippen LogP contribution in [0.5, 0.6) is 0 Å². The molecule has 0 saturated heterocycles. The summed E-state index contributed by atoms with van der Waals surface area (Å²) in [5.41, 5.74) is 1.01. The van der Waals surface area contributed by atoms with Crippen molar-refractivity contribution in [3.05, 3.63) is 34.9 Å². The first kappa shape index (κ1) is 10.2. The molecule has 0 fully saturated rings. The standard InChI is InChI=1S/C10H10O4/c1-6-3-2-4-7(5-8(11)12)9(6)10(13)14/h2-4H,5H2,1H3,(H,11,12)(H,13,14). The molecule has 1 aromatic rings. The van der Waals surface area contributed by atoms with E-state index in [-0.39, 0.29) is 12.0 Å². The third-order valence-electron chi connectivity index (χ3n) is 1.91. The molecule has 0 aliphatic carbocycles. The third kappa shape index (κ3) is 2.10. The minimum absolute atomic E-state index is 0.0925. The fourth-order valence-corrected chi connectivity index (χ4v) is 1.34. The van der Waals surface area contributed by atoms with Crippen molar-refractivity contribution in [1.82, 2.24) is 0 Å². The second kappa shape index (κ2) is 3.91. The zero-order valence-corrected chi connectivity index (χ0v) is 7.65. The molecular formula is C10H10O4. The Kier molecular flexibility index (Phi) is 2.86. The fourth-order valence-electron chi connectivity index (χ4n) is 1.34. The van der Waals surface area contributed by atoms with Crippen LogP contribution < -0.4 is 0 Å². The van der Waals surface area contributed by atoms with Crippen LogP contribution in [0.3, 0.4) is 0 Å². The Morgan fingerprint density at radius 3 is 2.43 bits per heavy atom. The van der Waals surface area contributed by atoms with Crippen molar-refractivity contribution >= 4 is 11.9 Å². The van der Waals surface area contributed by atoms with Gasteiger partial charge in [0.15, 0.2) is 0 Å². The molecule has 4 heteroatoms. The molecule has 0 aliphatic rings. The normalized spacial score (nSPS) is 9.79. The van der Waals surface area contributed by atoms with E-state index in [1.54, 1.807) is 19.1 Å². The molecule has 1 aromatic carbocycles. The van der Waals surface area contributed by atoms with Crippen LogP contribution in [0.2, 0.25) is 0 Å². The maximum absolute atomic E-state index is 10.8. The number of carboxylic acid groups (broad SMARTS) is 2. The van der Waals surface area contributed by atoms with E-state index in [1.165, 1.54) is 6.07 Å². The van der Waals surface area contributed by atoms with E-state index in [2.05, 4.69) is 0 Å². The number of carboxylic acids is 2. The predicted octanol–water partition coefficient (Wildman–Crippen LogP) is 1.32. The van der Waals surface area contributed by atoms with Crippen molar-refractivity contribution in [2.24, 2.45) is 0 Å². The lowest BCUT2D eigenvalue weighted by Crippen LogP contribution is -2.09. The first-order valence-corrected chi connectivity index (χ1v) is 4.06. The van der Waals surface area contributed by atoms with Gasteiger partial charge >= 0.3 is 11.9 Å². The summed E-state index contributed by atoms with van der Waals surface area (Å²) in [6.07, 6.45) is -0.261. The Bertz CT molecular complexity index is 382. The number of aromatic carboxylic acids is 1. The number of benzene rings is 1. The molecule has 0 spiro atoms. The molecular weight excluding hydrogens is 184 g/mol. The van der Waals surface area contributed by atoms with Gasteiger partial charge in [0.05, 0.1) is 12.0 Å². The Hall–Kier alpha value is -1.84. The lowest BCUT2D eigenvalue weighted by atomic mass is 10.00. The molecule has 14 heavy (non-hydrogen) atoms. The highest BCUT2D eigenvalue weighted by Gasteiger charge is 2.14. The van der Waals surface area contributed by atoms with Crippen molar-refractivity contribution in [3.8, 4) is 0 Å². The predicted molar refractivity (Wildman–Crippen MR) is 49.5 cm³/mol. The molecule has 0 bridgehead atoms. The highest BCUT2D eigenvalue weighted by atomic mass is 16.4. The van der Waals surface area contributed by atoms with Gasteiger partial charge in [-0.05, 0) is 18.1 Å². The summed E-state index contributed by atoms with van der Waals surface area (Å²) in [5.74, 6) is -2.11. The lowest BCUT2D eigenvalue weighted by molar-refractivity contribution is -0.136. The molecule has 0 amide bonds. The van der Waals surface area contributed by atoms with Gasteiger partial charge in [-0.2, -0.15) is 0 Å². The molecule has 0 unspecified atom stereocenters. The average Bonchev–Trinajstić information content (AvgIpc) is 2.01. The number of rotatable bonds is 3. The lowest BCUT2D eigenvalue weighted by Gasteiger charge is -2.05. The zero-order chi connectivity index (χ0) is 10.7. The maximum atomic E-state index is 10.8. The topological polar surface area (TPSA) is 74.6 Å². The van der Waals surface area contributed by atoms with Crippen LogP contribution in [0, 0.1) is 6.92 Å². The smallest absolute Gasteiger partial charge is 0.336 e.